The molecule has 9 heterocycles. The molecule has 0 fully saturated rings. The van der Waals surface area contributed by atoms with E-state index >= 15 is 14.4 Å². The summed E-state index contributed by atoms with van der Waals surface area (Å²) in [5, 5.41) is 91.5. The van der Waals surface area contributed by atoms with Crippen molar-refractivity contribution in [3.05, 3.63) is 160 Å². The number of rotatable bonds is 11. The normalized spacial score (nSPS) is 26.1. The first-order valence-electron chi connectivity index (χ1n) is 34.8. The number of cyclic esters (lactones) is 1. The molecule has 0 spiro atoms. The first kappa shape index (κ1) is 84.6. The van der Waals surface area contributed by atoms with Gasteiger partial charge in [-0.3, -0.25) is 68.0 Å². The van der Waals surface area contributed by atoms with Crippen molar-refractivity contribution in [2.24, 2.45) is 21.6 Å². The van der Waals surface area contributed by atoms with Gasteiger partial charge in [0.05, 0.1) is 76.0 Å². The predicted octanol–water partition coefficient (Wildman–Crippen LogP) is 0.509. The number of thioether (sulfide) groups is 1. The molecule has 4 aliphatic heterocycles. The molecule has 0 saturated carbocycles. The van der Waals surface area contributed by atoms with Crippen LogP contribution in [0.15, 0.2) is 105 Å². The Morgan fingerprint density at radius 1 is 0.743 bits per heavy atom. The van der Waals surface area contributed by atoms with E-state index in [-0.39, 0.29) is 89.0 Å². The Hall–Kier alpha value is -10.8. The Bertz CT molecular complexity index is 4920. The third kappa shape index (κ3) is 18.5. The van der Waals surface area contributed by atoms with Gasteiger partial charge in [0.15, 0.2) is 0 Å². The number of carbonyl (C=O) groups is 12. The summed E-state index contributed by atoms with van der Waals surface area (Å²) in [5.41, 5.74) is -2.56. The van der Waals surface area contributed by atoms with Crippen LogP contribution in [0.5, 0.6) is 0 Å². The van der Waals surface area contributed by atoms with Crippen LogP contribution in [0.1, 0.15) is 190 Å². The van der Waals surface area contributed by atoms with Crippen molar-refractivity contribution in [1.82, 2.24) is 83.4 Å². The number of allylic oxidation sites excluding steroid dienone is 1. The van der Waals surface area contributed by atoms with E-state index in [2.05, 4.69) is 105 Å². The van der Waals surface area contributed by atoms with Gasteiger partial charge in [0.2, 0.25) is 23.6 Å². The molecule has 15 atom stereocenters. The highest BCUT2D eigenvalue weighted by atomic mass is 32.2. The molecule has 13 bridgehead atoms. The second-order valence-corrected chi connectivity index (χ2v) is 31.9. The summed E-state index contributed by atoms with van der Waals surface area (Å²) in [6, 6.07) is -10.4. The molecule has 1 aliphatic carbocycles. The number of thiazole rings is 4. The highest BCUT2D eigenvalue weighted by Gasteiger charge is 2.51. The van der Waals surface area contributed by atoms with Crippen LogP contribution in [0.4, 0.5) is 0 Å². The van der Waals surface area contributed by atoms with E-state index in [1.165, 1.54) is 87.4 Å². The second kappa shape index (κ2) is 34.7. The highest BCUT2D eigenvalue weighted by molar-refractivity contribution is 8.14. The van der Waals surface area contributed by atoms with E-state index in [1.807, 2.05) is 0 Å². The molecular weight excluding hydrogens is 1570 g/mol. The fourth-order valence-electron chi connectivity index (χ4n) is 12.0. The van der Waals surface area contributed by atoms with Gasteiger partial charge in [-0.1, -0.05) is 58.4 Å². The van der Waals surface area contributed by atoms with Crippen molar-refractivity contribution >= 4 is 145 Å². The standard InChI is InChI=1S/C71H81N19O18S5/c1-14-37-64-83-44(22-109-64)61(103)89-52(70(13,107)34(12)93)67-85-43(23-112-67)59(101)88-48-33(11)108-68(106)40-19-36(31(9)91)35-15-16-38(50(94)49(35)79-40)78-46(25(2)3)62(104)77-29(7)56(98)74-27(5)55(97)75-30(8)57(99)90-71(69-86-45(24-113-69)60(102)87-47(32(10)92)63(105)81-37)18-17-39(80-51(71)41-20-111-66(48)82-41)65-84-42(21-110-65)58(100)76-28(6)54(96)73-26(4)53(72)95/h14-16,19-21,23-25,30-34,38,44,46-48,50-52,78,91-94,107H,4-7,17-18,22H2,1-3,8-13H3,(H2,72,95)(H,73,96)(H,74,98)(H,75,97)(H,76,100)(H,77,104)(H,81,105)(H,87,102)(H,88,101)(H,89,103)(H,90,99)/b37-14+/t30-,31-,32-,33-,34-,38+,44+,46-,47+,48+,50+,51-,52+,70+,71-/m1/s1. The number of aromatic nitrogens is 5. The van der Waals surface area contributed by atoms with Gasteiger partial charge in [0, 0.05) is 32.8 Å². The average Bonchev–Trinajstić information content (AvgIpc) is 1.66. The third-order valence-electron chi connectivity index (χ3n) is 18.7. The molecule has 42 heteroatoms. The zero-order chi connectivity index (χ0) is 82.7. The number of primary amides is 1. The van der Waals surface area contributed by atoms with Gasteiger partial charge < -0.3 is 89.2 Å². The van der Waals surface area contributed by atoms with Gasteiger partial charge in [-0.05, 0) is 78.9 Å². The van der Waals surface area contributed by atoms with Crippen LogP contribution in [0.2, 0.25) is 0 Å². The Labute approximate surface area is 664 Å². The third-order valence-corrected chi connectivity index (χ3v) is 23.6. The number of esters is 1. The Morgan fingerprint density at radius 2 is 1.42 bits per heavy atom. The van der Waals surface area contributed by atoms with Gasteiger partial charge in [-0.2, -0.15) is 0 Å². The number of fused-ring (bicyclic) bond motifs is 7. The summed E-state index contributed by atoms with van der Waals surface area (Å²) >= 11 is 4.39. The summed E-state index contributed by atoms with van der Waals surface area (Å²) in [7, 11) is 0. The zero-order valence-electron chi connectivity index (χ0n) is 61.9. The van der Waals surface area contributed by atoms with Crippen LogP contribution in [-0.4, -0.2) is 192 Å². The van der Waals surface area contributed by atoms with E-state index in [0.717, 1.165) is 57.1 Å². The number of aliphatic hydroxyl groups is 5. The van der Waals surface area contributed by atoms with Crippen LogP contribution in [0, 0.1) is 5.92 Å². The van der Waals surface area contributed by atoms with Gasteiger partial charge in [0.1, 0.15) is 107 Å². The number of carbonyl (C=O) groups excluding carboxylic acids is 12. The largest absolute Gasteiger partial charge is 0.455 e. The molecule has 37 nitrogen and oxygen atoms in total. The molecule has 5 aromatic rings. The lowest BCUT2D eigenvalue weighted by Gasteiger charge is -2.41. The number of nitrogens with zero attached hydrogens (tertiary/aromatic N) is 7. The van der Waals surface area contributed by atoms with Crippen molar-refractivity contribution in [3.63, 3.8) is 0 Å². The topological polar surface area (TPSA) is 563 Å². The summed E-state index contributed by atoms with van der Waals surface area (Å²) < 4.78 is 6.24. The van der Waals surface area contributed by atoms with E-state index in [9.17, 15) is 68.7 Å². The maximum Gasteiger partial charge on any atom is 0.357 e. The molecule has 18 N–H and O–H groups in total. The Kier molecular flexibility index (Phi) is 26.0. The van der Waals surface area contributed by atoms with Crippen molar-refractivity contribution < 1.29 is 87.8 Å². The Morgan fingerprint density at radius 3 is 2.09 bits per heavy atom. The molecule has 0 unspecified atom stereocenters. The van der Waals surface area contributed by atoms with Gasteiger partial charge in [-0.15, -0.1) is 57.1 Å². The van der Waals surface area contributed by atoms with Gasteiger partial charge in [-0.25, -0.2) is 29.7 Å². The molecule has 10 rings (SSSR count). The number of nitrogens with two attached hydrogens (primary N) is 1. The van der Waals surface area contributed by atoms with Crippen LogP contribution >= 0.6 is 57.1 Å². The van der Waals surface area contributed by atoms with Crippen LogP contribution in [-0.2, 0) is 48.6 Å². The molecular formula is C71H81N19O18S5. The maximum atomic E-state index is 15.4. The molecule has 5 aromatic heterocycles. The minimum Gasteiger partial charge on any atom is -0.455 e. The van der Waals surface area contributed by atoms with E-state index in [0.29, 0.717) is 0 Å². The van der Waals surface area contributed by atoms with E-state index in [1.54, 1.807) is 20.8 Å². The molecule has 11 amide bonds. The monoisotopic (exact) mass is 1650 g/mol. The summed E-state index contributed by atoms with van der Waals surface area (Å²) in [5.74, 6) is -12.7. The average molecular weight is 1650 g/mol. The van der Waals surface area contributed by atoms with Gasteiger partial charge in [0.25, 0.3) is 41.4 Å². The number of hydrogen-bond donors (Lipinski definition) is 17. The number of amides is 11. The molecule has 598 valence electrons. The molecule has 0 saturated heterocycles. The van der Waals surface area contributed by atoms with Gasteiger partial charge >= 0.3 is 5.97 Å². The quantitative estimate of drug-likeness (QED) is 0.0633. The number of hydrogen-bond acceptors (Lipinski definition) is 31. The van der Waals surface area contributed by atoms with Crippen molar-refractivity contribution in [3.8, 4) is 0 Å². The first-order chi connectivity index (χ1) is 53.2. The van der Waals surface area contributed by atoms with Crippen molar-refractivity contribution in [2.45, 2.75) is 165 Å². The minimum atomic E-state index is -2.21. The molecule has 5 aliphatic rings. The van der Waals surface area contributed by atoms with Crippen LogP contribution in [0.3, 0.4) is 0 Å². The minimum absolute atomic E-state index is 0.0184. The number of ether oxygens (including phenoxy) is 1. The number of pyridine rings is 1. The molecule has 0 aromatic carbocycles. The van der Waals surface area contributed by atoms with Crippen molar-refractivity contribution in [1.29, 1.82) is 0 Å². The smallest absolute Gasteiger partial charge is 0.357 e. The number of nitrogens with one attached hydrogen (secondary N) is 11. The Balaban J connectivity index is 1.18. The fourth-order valence-corrected chi connectivity index (χ4v) is 16.9. The lowest BCUT2D eigenvalue weighted by Crippen LogP contribution is -2.57. The molecule has 0 radical (unpaired) electrons. The number of aliphatic hydroxyl groups excluding tert-OH is 4. The summed E-state index contributed by atoms with van der Waals surface area (Å²) in [6.45, 7) is 26.9. The lowest BCUT2D eigenvalue weighted by atomic mass is 9.80. The number of aliphatic imine (C=N–C) groups is 2. The SMILES string of the molecule is C=C(NC(=O)C(=C)NC(=O)c1csc(C2=N[C@@H]3c4csc(n4)[C@H]4NC(=O)c5csc(n5)[C@@H]([C@@](C)(O)[C@@H](C)O)NC(=O)[C@@H]5CSC(=N5)/C(=C\C)NC(=O)[C@H]([C@@H](C)O)NC(=O)c5csc(n5)[C@]3(CC2)NC(=O)[C@@H](C)NC(=O)C(=C)NC(=O)C(=C)NC(=O)[C@@H](C(C)C)N[C@H]2C=Cc3c([C@@H](C)O)cc(nc3[C@H]2O)C(=O)O[C@@H]4C)n1)C(N)=O. The zero-order valence-corrected chi connectivity index (χ0v) is 66.0. The van der Waals surface area contributed by atoms with Crippen LogP contribution in [0.25, 0.3) is 6.08 Å². The van der Waals surface area contributed by atoms with E-state index < -0.39 is 201 Å². The summed E-state index contributed by atoms with van der Waals surface area (Å²) in [4.78, 5) is 203. The maximum absolute atomic E-state index is 15.4. The highest BCUT2D eigenvalue weighted by Crippen LogP contribution is 2.48. The van der Waals surface area contributed by atoms with Crippen molar-refractivity contribution in [2.75, 3.05) is 5.75 Å². The first-order valence-corrected chi connectivity index (χ1v) is 39.3. The lowest BCUT2D eigenvalue weighted by molar-refractivity contribution is -0.129. The predicted molar refractivity (Wildman–Crippen MR) is 413 cm³/mol. The molecule has 113 heavy (non-hydrogen) atoms. The summed E-state index contributed by atoms with van der Waals surface area (Å²) in [6.07, 6.45) is -3.71. The fraction of sp³-hybridized carbons (Fsp3) is 0.394. The van der Waals surface area contributed by atoms with Crippen LogP contribution < -0.4 is 64.2 Å². The second-order valence-electron chi connectivity index (χ2n) is 27.4. The van der Waals surface area contributed by atoms with E-state index in [4.69, 9.17) is 25.4 Å².